The second kappa shape index (κ2) is 4.50. The fraction of sp³-hybridized carbons (Fsp3) is 0.818. The number of carboxylic acid groups (broad SMARTS) is 1. The fourth-order valence-electron chi connectivity index (χ4n) is 1.36. The van der Waals surface area contributed by atoms with E-state index in [1.807, 2.05) is 0 Å². The second-order valence-electron chi connectivity index (χ2n) is 5.39. The number of hydrogen-bond donors (Lipinski definition) is 2. The van der Waals surface area contributed by atoms with Crippen molar-refractivity contribution in [2.75, 3.05) is 0 Å². The van der Waals surface area contributed by atoms with Crippen LogP contribution in [-0.4, -0.2) is 34.5 Å². The fourth-order valence-corrected chi connectivity index (χ4v) is 1.36. The molecule has 0 radical (unpaired) electrons. The molecule has 1 aliphatic rings. The summed E-state index contributed by atoms with van der Waals surface area (Å²) in [6, 6.07) is -1.24. The van der Waals surface area contributed by atoms with E-state index in [0.29, 0.717) is 12.8 Å². The average molecular weight is 247 g/mol. The number of halogens is 1. The zero-order chi connectivity index (χ0) is 13.3. The quantitative estimate of drug-likeness (QED) is 0.795. The number of rotatable bonds is 4. The van der Waals surface area contributed by atoms with Gasteiger partial charge in [-0.05, 0) is 33.6 Å². The van der Waals surface area contributed by atoms with E-state index in [1.165, 1.54) is 0 Å². The molecule has 1 aliphatic carbocycles. The van der Waals surface area contributed by atoms with E-state index in [-0.39, 0.29) is 6.42 Å². The molecule has 0 aromatic carbocycles. The Morgan fingerprint density at radius 1 is 1.47 bits per heavy atom. The van der Waals surface area contributed by atoms with Crippen LogP contribution in [0.3, 0.4) is 0 Å². The summed E-state index contributed by atoms with van der Waals surface area (Å²) in [5, 5.41) is 11.0. The van der Waals surface area contributed by atoms with Gasteiger partial charge in [0.05, 0.1) is 0 Å². The molecule has 0 heterocycles. The van der Waals surface area contributed by atoms with Gasteiger partial charge < -0.3 is 15.2 Å². The molecule has 1 atom stereocenters. The predicted octanol–water partition coefficient (Wildman–Crippen LogP) is 1.86. The number of carbonyl (C=O) groups excluding carboxylic acids is 1. The normalized spacial score (nSPS) is 19.3. The van der Waals surface area contributed by atoms with Crippen LogP contribution in [0.25, 0.3) is 0 Å². The van der Waals surface area contributed by atoms with Crippen molar-refractivity contribution in [3.8, 4) is 0 Å². The maximum atomic E-state index is 13.4. The Bertz CT molecular complexity index is 320. The molecular weight excluding hydrogens is 229 g/mol. The molecule has 0 unspecified atom stereocenters. The summed E-state index contributed by atoms with van der Waals surface area (Å²) in [6.45, 7) is 5.00. The highest BCUT2D eigenvalue weighted by Gasteiger charge is 2.46. The number of carbonyl (C=O) groups is 2. The van der Waals surface area contributed by atoms with E-state index in [9.17, 15) is 14.0 Å². The van der Waals surface area contributed by atoms with Crippen LogP contribution in [0.2, 0.25) is 0 Å². The number of alkyl halides is 1. The van der Waals surface area contributed by atoms with Gasteiger partial charge in [-0.15, -0.1) is 0 Å². The molecule has 1 amide bonds. The molecule has 0 saturated heterocycles. The van der Waals surface area contributed by atoms with Gasteiger partial charge >= 0.3 is 12.1 Å². The van der Waals surface area contributed by atoms with Crippen LogP contribution < -0.4 is 5.32 Å². The van der Waals surface area contributed by atoms with E-state index in [0.717, 1.165) is 0 Å². The van der Waals surface area contributed by atoms with Crippen molar-refractivity contribution in [3.05, 3.63) is 0 Å². The summed E-state index contributed by atoms with van der Waals surface area (Å²) >= 11 is 0. The standard InChI is InChI=1S/C11H18FNO4/c1-10(2,3)17-9(16)13-7(8(14)15)6-11(12)4-5-11/h7H,4-6H2,1-3H3,(H,13,16)(H,14,15)/t7-/m0/s1. The van der Waals surface area contributed by atoms with Gasteiger partial charge in [-0.1, -0.05) is 0 Å². The van der Waals surface area contributed by atoms with Crippen LogP contribution in [0.1, 0.15) is 40.0 Å². The highest BCUT2D eigenvalue weighted by Crippen LogP contribution is 2.43. The number of carboxylic acids is 1. The Morgan fingerprint density at radius 2 is 2.00 bits per heavy atom. The average Bonchev–Trinajstić information content (AvgIpc) is 2.78. The lowest BCUT2D eigenvalue weighted by Crippen LogP contribution is -2.45. The lowest BCUT2D eigenvalue weighted by molar-refractivity contribution is -0.140. The Morgan fingerprint density at radius 3 is 2.35 bits per heavy atom. The van der Waals surface area contributed by atoms with E-state index >= 15 is 0 Å². The minimum atomic E-state index is -1.43. The number of amides is 1. The molecular formula is C11H18FNO4. The Labute approximate surface area is 99.3 Å². The van der Waals surface area contributed by atoms with Crippen molar-refractivity contribution >= 4 is 12.1 Å². The Balaban J connectivity index is 2.49. The van der Waals surface area contributed by atoms with Crippen molar-refractivity contribution in [1.29, 1.82) is 0 Å². The Kier molecular flexibility index (Phi) is 3.64. The molecule has 5 nitrogen and oxygen atoms in total. The van der Waals surface area contributed by atoms with Gasteiger partial charge in [-0.3, -0.25) is 0 Å². The zero-order valence-electron chi connectivity index (χ0n) is 10.2. The molecule has 0 spiro atoms. The van der Waals surface area contributed by atoms with Gasteiger partial charge in [-0.2, -0.15) is 0 Å². The highest BCUT2D eigenvalue weighted by atomic mass is 19.1. The predicted molar refractivity (Wildman–Crippen MR) is 58.5 cm³/mol. The minimum Gasteiger partial charge on any atom is -0.480 e. The summed E-state index contributed by atoms with van der Waals surface area (Å²) < 4.78 is 18.4. The first kappa shape index (κ1) is 13.7. The second-order valence-corrected chi connectivity index (χ2v) is 5.39. The number of nitrogens with one attached hydrogen (secondary N) is 1. The molecule has 2 N–H and O–H groups in total. The maximum absolute atomic E-state index is 13.4. The number of aliphatic carboxylic acids is 1. The monoisotopic (exact) mass is 247 g/mol. The number of ether oxygens (including phenoxy) is 1. The van der Waals surface area contributed by atoms with Gasteiger partial charge in [-0.25, -0.2) is 14.0 Å². The summed E-state index contributed by atoms with van der Waals surface area (Å²) in [4.78, 5) is 22.2. The van der Waals surface area contributed by atoms with Crippen molar-refractivity contribution in [1.82, 2.24) is 5.32 Å². The van der Waals surface area contributed by atoms with E-state index < -0.39 is 29.4 Å². The number of hydrogen-bond acceptors (Lipinski definition) is 3. The topological polar surface area (TPSA) is 75.6 Å². The van der Waals surface area contributed by atoms with Gasteiger partial charge in [0.15, 0.2) is 0 Å². The Hall–Kier alpha value is -1.33. The van der Waals surface area contributed by atoms with Crippen LogP contribution in [0.4, 0.5) is 9.18 Å². The van der Waals surface area contributed by atoms with Crippen molar-refractivity contribution in [3.63, 3.8) is 0 Å². The SMILES string of the molecule is CC(C)(C)OC(=O)N[C@@H](CC1(F)CC1)C(=O)O. The first-order valence-corrected chi connectivity index (χ1v) is 5.53. The smallest absolute Gasteiger partial charge is 0.408 e. The molecule has 0 aromatic rings. The highest BCUT2D eigenvalue weighted by molar-refractivity contribution is 5.80. The largest absolute Gasteiger partial charge is 0.480 e. The molecule has 0 aromatic heterocycles. The summed E-state index contributed by atoms with van der Waals surface area (Å²) in [7, 11) is 0. The van der Waals surface area contributed by atoms with E-state index in [2.05, 4.69) is 5.32 Å². The van der Waals surface area contributed by atoms with Gasteiger partial charge in [0.1, 0.15) is 17.3 Å². The minimum absolute atomic E-state index is 0.207. The first-order valence-electron chi connectivity index (χ1n) is 5.53. The molecule has 1 fully saturated rings. The van der Waals surface area contributed by atoms with Crippen LogP contribution >= 0.6 is 0 Å². The third-order valence-electron chi connectivity index (χ3n) is 2.35. The summed E-state index contributed by atoms with van der Waals surface area (Å²) in [6.07, 6.45) is -0.338. The van der Waals surface area contributed by atoms with E-state index in [4.69, 9.17) is 9.84 Å². The molecule has 0 aliphatic heterocycles. The zero-order valence-corrected chi connectivity index (χ0v) is 10.2. The van der Waals surface area contributed by atoms with Gasteiger partial charge in [0, 0.05) is 6.42 Å². The van der Waals surface area contributed by atoms with Crippen LogP contribution in [0.15, 0.2) is 0 Å². The molecule has 0 bridgehead atoms. The number of alkyl carbamates (subject to hydrolysis) is 1. The van der Waals surface area contributed by atoms with Crippen LogP contribution in [0, 0.1) is 0 Å². The van der Waals surface area contributed by atoms with Crippen molar-refractivity contribution in [2.24, 2.45) is 0 Å². The van der Waals surface area contributed by atoms with E-state index in [1.54, 1.807) is 20.8 Å². The molecule has 6 heteroatoms. The first-order chi connectivity index (χ1) is 7.61. The molecule has 98 valence electrons. The molecule has 17 heavy (non-hydrogen) atoms. The van der Waals surface area contributed by atoms with Gasteiger partial charge in [0.2, 0.25) is 0 Å². The lowest BCUT2D eigenvalue weighted by Gasteiger charge is -2.22. The molecule has 1 saturated carbocycles. The maximum Gasteiger partial charge on any atom is 0.408 e. The third kappa shape index (κ3) is 5.01. The van der Waals surface area contributed by atoms with Crippen LogP contribution in [0.5, 0.6) is 0 Å². The molecule has 1 rings (SSSR count). The summed E-state index contributed by atoms with van der Waals surface area (Å²) in [5.41, 5.74) is -2.14. The van der Waals surface area contributed by atoms with Crippen LogP contribution in [-0.2, 0) is 9.53 Å². The van der Waals surface area contributed by atoms with Gasteiger partial charge in [0.25, 0.3) is 0 Å². The van der Waals surface area contributed by atoms with Crippen molar-refractivity contribution < 1.29 is 23.8 Å². The lowest BCUT2D eigenvalue weighted by atomic mass is 10.1. The van der Waals surface area contributed by atoms with Crippen molar-refractivity contribution in [2.45, 2.75) is 57.3 Å². The third-order valence-corrected chi connectivity index (χ3v) is 2.35. The summed E-state index contributed by atoms with van der Waals surface area (Å²) in [5.74, 6) is -1.25.